The Kier molecular flexibility index (Phi) is 4.40. The van der Waals surface area contributed by atoms with Crippen LogP contribution in [0, 0.1) is 0 Å². The molecular formula is C14H20O3. The highest BCUT2D eigenvalue weighted by atomic mass is 16.6. The highest BCUT2D eigenvalue weighted by Gasteiger charge is 2.22. The smallest absolute Gasteiger partial charge is 0.118 e. The summed E-state index contributed by atoms with van der Waals surface area (Å²) in [6.07, 6.45) is 2.56. The largest absolute Gasteiger partial charge is 0.497 e. The summed E-state index contributed by atoms with van der Waals surface area (Å²) in [6, 6.07) is 7.98. The van der Waals surface area contributed by atoms with Crippen LogP contribution >= 0.6 is 0 Å². The Morgan fingerprint density at radius 3 is 2.47 bits per heavy atom. The molecule has 2 rings (SSSR count). The van der Waals surface area contributed by atoms with Crippen molar-refractivity contribution in [2.75, 3.05) is 20.3 Å². The third kappa shape index (κ3) is 3.20. The van der Waals surface area contributed by atoms with Crippen LogP contribution in [0.2, 0.25) is 0 Å². The molecule has 2 atom stereocenters. The van der Waals surface area contributed by atoms with Gasteiger partial charge in [-0.05, 0) is 24.1 Å². The molecule has 0 aromatic heterocycles. The summed E-state index contributed by atoms with van der Waals surface area (Å²) < 4.78 is 16.8. The van der Waals surface area contributed by atoms with Gasteiger partial charge in [0, 0.05) is 0 Å². The fraction of sp³-hybridized carbons (Fsp3) is 0.571. The second-order valence-corrected chi connectivity index (χ2v) is 4.34. The van der Waals surface area contributed by atoms with Crippen molar-refractivity contribution in [3.8, 4) is 5.75 Å². The van der Waals surface area contributed by atoms with E-state index in [4.69, 9.17) is 14.2 Å². The molecule has 0 saturated carbocycles. The number of ether oxygens (including phenoxy) is 3. The van der Waals surface area contributed by atoms with E-state index in [0.717, 1.165) is 24.2 Å². The average Bonchev–Trinajstić information content (AvgIpc) is 2.40. The first kappa shape index (κ1) is 12.4. The molecule has 0 unspecified atom stereocenters. The van der Waals surface area contributed by atoms with Crippen LogP contribution in [-0.4, -0.2) is 26.4 Å². The third-order valence-electron chi connectivity index (χ3n) is 3.06. The van der Waals surface area contributed by atoms with Crippen LogP contribution in [-0.2, 0) is 9.47 Å². The van der Waals surface area contributed by atoms with Crippen molar-refractivity contribution in [3.05, 3.63) is 29.8 Å². The van der Waals surface area contributed by atoms with Gasteiger partial charge in [0.1, 0.15) is 11.9 Å². The summed E-state index contributed by atoms with van der Waals surface area (Å²) >= 11 is 0. The van der Waals surface area contributed by atoms with Gasteiger partial charge in [-0.2, -0.15) is 0 Å². The maximum atomic E-state index is 5.84. The zero-order chi connectivity index (χ0) is 12.1. The first-order valence-electron chi connectivity index (χ1n) is 6.20. The van der Waals surface area contributed by atoms with Gasteiger partial charge in [0.05, 0.1) is 26.4 Å². The summed E-state index contributed by atoms with van der Waals surface area (Å²) in [5, 5.41) is 0. The van der Waals surface area contributed by atoms with Gasteiger partial charge in [0.25, 0.3) is 0 Å². The molecule has 1 heterocycles. The van der Waals surface area contributed by atoms with Gasteiger partial charge in [0.2, 0.25) is 0 Å². The minimum absolute atomic E-state index is 0.0639. The maximum Gasteiger partial charge on any atom is 0.118 e. The number of benzene rings is 1. The maximum absolute atomic E-state index is 5.84. The van der Waals surface area contributed by atoms with E-state index >= 15 is 0 Å². The third-order valence-corrected chi connectivity index (χ3v) is 3.06. The molecule has 1 fully saturated rings. The van der Waals surface area contributed by atoms with Crippen molar-refractivity contribution in [2.24, 2.45) is 0 Å². The molecule has 0 bridgehead atoms. The molecule has 0 N–H and O–H groups in total. The summed E-state index contributed by atoms with van der Waals surface area (Å²) in [6.45, 7) is 3.51. The van der Waals surface area contributed by atoms with Gasteiger partial charge >= 0.3 is 0 Å². The summed E-state index contributed by atoms with van der Waals surface area (Å²) in [5.74, 6) is 0.870. The molecule has 17 heavy (non-hydrogen) atoms. The van der Waals surface area contributed by atoms with Crippen molar-refractivity contribution in [2.45, 2.75) is 32.0 Å². The van der Waals surface area contributed by atoms with Crippen LogP contribution in [0.5, 0.6) is 5.75 Å². The Bertz CT molecular complexity index is 326. The second-order valence-electron chi connectivity index (χ2n) is 4.34. The first-order valence-corrected chi connectivity index (χ1v) is 6.20. The number of methoxy groups -OCH3 is 1. The van der Waals surface area contributed by atoms with Gasteiger partial charge in [0.15, 0.2) is 0 Å². The zero-order valence-corrected chi connectivity index (χ0v) is 10.5. The lowest BCUT2D eigenvalue weighted by molar-refractivity contribution is -0.137. The predicted octanol–water partition coefficient (Wildman–Crippen LogP) is 2.95. The highest BCUT2D eigenvalue weighted by Crippen LogP contribution is 2.25. The SMILES string of the molecule is CCC[C@@H]1CO[C@@H](c2ccc(OC)cc2)CO1. The normalized spacial score (nSPS) is 24.6. The van der Waals surface area contributed by atoms with E-state index in [-0.39, 0.29) is 12.2 Å². The minimum Gasteiger partial charge on any atom is -0.497 e. The van der Waals surface area contributed by atoms with E-state index in [1.807, 2.05) is 24.3 Å². The summed E-state index contributed by atoms with van der Waals surface area (Å²) in [4.78, 5) is 0. The molecule has 1 saturated heterocycles. The molecule has 0 aliphatic carbocycles. The molecule has 1 aliphatic rings. The Morgan fingerprint density at radius 2 is 1.94 bits per heavy atom. The molecule has 0 spiro atoms. The fourth-order valence-corrected chi connectivity index (χ4v) is 2.04. The van der Waals surface area contributed by atoms with Crippen molar-refractivity contribution in [1.82, 2.24) is 0 Å². The molecular weight excluding hydrogens is 216 g/mol. The number of rotatable bonds is 4. The Balaban J connectivity index is 1.91. The van der Waals surface area contributed by atoms with Crippen molar-refractivity contribution in [1.29, 1.82) is 0 Å². The van der Waals surface area contributed by atoms with Gasteiger partial charge in [-0.3, -0.25) is 0 Å². The van der Waals surface area contributed by atoms with Crippen molar-refractivity contribution >= 4 is 0 Å². The number of hydrogen-bond acceptors (Lipinski definition) is 3. The molecule has 1 aliphatic heterocycles. The van der Waals surface area contributed by atoms with E-state index in [1.165, 1.54) is 0 Å². The van der Waals surface area contributed by atoms with E-state index in [1.54, 1.807) is 7.11 Å². The van der Waals surface area contributed by atoms with Crippen LogP contribution in [0.4, 0.5) is 0 Å². The molecule has 3 nitrogen and oxygen atoms in total. The van der Waals surface area contributed by atoms with Gasteiger partial charge < -0.3 is 14.2 Å². The summed E-state index contributed by atoms with van der Waals surface area (Å²) in [7, 11) is 1.67. The molecule has 1 aromatic rings. The second kappa shape index (κ2) is 6.03. The van der Waals surface area contributed by atoms with E-state index < -0.39 is 0 Å². The highest BCUT2D eigenvalue weighted by molar-refractivity contribution is 5.28. The van der Waals surface area contributed by atoms with Crippen LogP contribution in [0.3, 0.4) is 0 Å². The zero-order valence-electron chi connectivity index (χ0n) is 10.5. The van der Waals surface area contributed by atoms with Gasteiger partial charge in [-0.1, -0.05) is 25.5 Å². The van der Waals surface area contributed by atoms with Crippen LogP contribution in [0.1, 0.15) is 31.4 Å². The molecule has 94 valence electrons. The minimum atomic E-state index is 0.0639. The van der Waals surface area contributed by atoms with Crippen LogP contribution in [0.25, 0.3) is 0 Å². The Labute approximate surface area is 103 Å². The molecule has 3 heteroatoms. The monoisotopic (exact) mass is 236 g/mol. The molecule has 0 amide bonds. The van der Waals surface area contributed by atoms with E-state index in [2.05, 4.69) is 6.92 Å². The lowest BCUT2D eigenvalue weighted by atomic mass is 10.1. The summed E-state index contributed by atoms with van der Waals surface area (Å²) in [5.41, 5.74) is 1.15. The van der Waals surface area contributed by atoms with Crippen LogP contribution in [0.15, 0.2) is 24.3 Å². The van der Waals surface area contributed by atoms with E-state index in [0.29, 0.717) is 13.2 Å². The molecule has 1 aromatic carbocycles. The predicted molar refractivity (Wildman–Crippen MR) is 66.3 cm³/mol. The fourth-order valence-electron chi connectivity index (χ4n) is 2.04. The van der Waals surface area contributed by atoms with Crippen LogP contribution < -0.4 is 4.74 Å². The Morgan fingerprint density at radius 1 is 1.18 bits per heavy atom. The lowest BCUT2D eigenvalue weighted by Crippen LogP contribution is -2.30. The van der Waals surface area contributed by atoms with Gasteiger partial charge in [-0.15, -0.1) is 0 Å². The molecule has 0 radical (unpaired) electrons. The first-order chi connectivity index (χ1) is 8.33. The standard InChI is InChI=1S/C14H20O3/c1-3-4-13-9-17-14(10-16-13)11-5-7-12(15-2)8-6-11/h5-8,13-14H,3-4,9-10H2,1-2H3/t13-,14-/m1/s1. The van der Waals surface area contributed by atoms with Crippen molar-refractivity contribution < 1.29 is 14.2 Å². The number of hydrogen-bond donors (Lipinski definition) is 0. The van der Waals surface area contributed by atoms with Crippen molar-refractivity contribution in [3.63, 3.8) is 0 Å². The average molecular weight is 236 g/mol. The van der Waals surface area contributed by atoms with E-state index in [9.17, 15) is 0 Å². The Hall–Kier alpha value is -1.06. The van der Waals surface area contributed by atoms with Gasteiger partial charge in [-0.25, -0.2) is 0 Å². The topological polar surface area (TPSA) is 27.7 Å². The quantitative estimate of drug-likeness (QED) is 0.804. The lowest BCUT2D eigenvalue weighted by Gasteiger charge is -2.29.